The highest BCUT2D eigenvalue weighted by molar-refractivity contribution is 5.96. The van der Waals surface area contributed by atoms with Gasteiger partial charge in [-0.05, 0) is 68.3 Å². The zero-order chi connectivity index (χ0) is 46.0. The molecule has 7 atom stereocenters. The normalized spacial score (nSPS) is 15.0. The number of nitrogens with zero attached hydrogens (tertiary/aromatic N) is 4. The first kappa shape index (κ1) is 53.4. The minimum absolute atomic E-state index is 0.0141. The lowest BCUT2D eigenvalue weighted by Crippen LogP contribution is -2.51. The van der Waals surface area contributed by atoms with E-state index in [0.29, 0.717) is 19.3 Å². The first-order valence-electron chi connectivity index (χ1n) is 21.4. The van der Waals surface area contributed by atoms with Gasteiger partial charge in [0.05, 0.1) is 24.2 Å². The van der Waals surface area contributed by atoms with E-state index in [2.05, 4.69) is 0 Å². The number of rotatable bonds is 27. The van der Waals surface area contributed by atoms with Gasteiger partial charge >= 0.3 is 11.9 Å². The fraction of sp³-hybridized carbons (Fsp3) is 0.696. The molecule has 336 valence electrons. The van der Waals surface area contributed by atoms with E-state index < -0.39 is 65.9 Å². The lowest BCUT2D eigenvalue weighted by atomic mass is 9.85. The van der Waals surface area contributed by atoms with Gasteiger partial charge in [0.25, 0.3) is 0 Å². The quantitative estimate of drug-likeness (QED) is 0.103. The maximum Gasteiger partial charge on any atom is 0.345 e. The molecule has 1 aromatic carbocycles. The van der Waals surface area contributed by atoms with Crippen LogP contribution in [0.3, 0.4) is 0 Å². The number of carboxylic acids is 1. The Hall–Kier alpha value is -4.64. The smallest absolute Gasteiger partial charge is 0.345 e. The van der Waals surface area contributed by atoms with Crippen LogP contribution in [0, 0.1) is 46.8 Å². The number of esters is 1. The van der Waals surface area contributed by atoms with Crippen molar-refractivity contribution in [3.8, 4) is 6.07 Å². The number of nitriles is 1. The highest BCUT2D eigenvalue weighted by atomic mass is 16.6. The van der Waals surface area contributed by atoms with E-state index >= 15 is 0 Å². The summed E-state index contributed by atoms with van der Waals surface area (Å²) < 4.78 is 5.17. The van der Waals surface area contributed by atoms with Crippen LogP contribution >= 0.6 is 0 Å². The Balaban J connectivity index is 3.55. The highest BCUT2D eigenvalue weighted by Crippen LogP contribution is 2.27. The minimum Gasteiger partial charge on any atom is -0.479 e. The number of likely N-dealkylation sites (N-methyl/N-ethyl adjacent to an activating group) is 3. The van der Waals surface area contributed by atoms with Gasteiger partial charge in [-0.15, -0.1) is 0 Å². The summed E-state index contributed by atoms with van der Waals surface area (Å²) in [5, 5.41) is 18.4. The summed E-state index contributed by atoms with van der Waals surface area (Å²) in [5.74, 6) is -5.74. The van der Waals surface area contributed by atoms with Gasteiger partial charge in [-0.25, -0.2) is 9.59 Å². The van der Waals surface area contributed by atoms with E-state index in [1.165, 1.54) is 23.8 Å². The van der Waals surface area contributed by atoms with Crippen molar-refractivity contribution < 1.29 is 43.4 Å². The zero-order valence-corrected chi connectivity index (χ0v) is 38.2. The van der Waals surface area contributed by atoms with E-state index in [1.807, 2.05) is 91.8 Å². The molecule has 0 fully saturated rings. The average Bonchev–Trinajstić information content (AvgIpc) is 3.17. The van der Waals surface area contributed by atoms with Crippen molar-refractivity contribution in [3.05, 3.63) is 35.9 Å². The van der Waals surface area contributed by atoms with Crippen LogP contribution < -0.4 is 5.73 Å². The summed E-state index contributed by atoms with van der Waals surface area (Å²) in [4.78, 5) is 99.6. The Morgan fingerprint density at radius 3 is 1.57 bits per heavy atom. The second kappa shape index (κ2) is 25.9. The molecule has 1 aromatic rings. The highest BCUT2D eigenvalue weighted by Gasteiger charge is 2.39. The van der Waals surface area contributed by atoms with Crippen LogP contribution in [0.25, 0.3) is 0 Å². The second-order valence-electron chi connectivity index (χ2n) is 18.1. The van der Waals surface area contributed by atoms with Crippen molar-refractivity contribution in [2.45, 2.75) is 150 Å². The third-order valence-electron chi connectivity index (χ3n) is 10.8. The standard InChI is InChI=1S/C46H73N5O9/c1-28(2)21-34(42(54)49(10)32(9)46(59)60-41(45(57)58)19-16-20-47)26-40(53)38(25-33-17-14-13-15-18-33)50(11)43(55)35(22-29(3)4)27-39(52)37(24-31(7)8)51(12)44(56)36(48)23-30(5)6/h13-15,17-18,28-32,34-38,41H,16,19,21-27,48H2,1-12H3,(H,57,58)/t32-,34+,35+,36-,37-,38-,41+/m0/s1. The molecule has 0 heterocycles. The summed E-state index contributed by atoms with van der Waals surface area (Å²) in [6.07, 6.45) is -0.692. The van der Waals surface area contributed by atoms with E-state index in [4.69, 9.17) is 15.7 Å². The molecule has 60 heavy (non-hydrogen) atoms. The summed E-state index contributed by atoms with van der Waals surface area (Å²) in [5.41, 5.74) is 7.05. The summed E-state index contributed by atoms with van der Waals surface area (Å²) >= 11 is 0. The molecular weight excluding hydrogens is 767 g/mol. The van der Waals surface area contributed by atoms with Crippen LogP contribution in [-0.4, -0.2) is 112 Å². The topological polar surface area (TPSA) is 208 Å². The SMILES string of the molecule is CC(C)C[C@H](CC(=O)[C@H](Cc1ccccc1)N(C)C(=O)[C@@H](CC(=O)[C@H](CC(C)C)N(C)C(=O)[C@@H](N)CC(C)C)CC(C)C)C(=O)N(C)[C@@H](C)C(=O)O[C@H](CCC#N)C(=O)O. The third-order valence-corrected chi connectivity index (χ3v) is 10.8. The predicted octanol–water partition coefficient (Wildman–Crippen LogP) is 5.69. The lowest BCUT2D eigenvalue weighted by Gasteiger charge is -2.34. The fourth-order valence-corrected chi connectivity index (χ4v) is 7.46. The number of amides is 3. The van der Waals surface area contributed by atoms with E-state index in [1.54, 1.807) is 14.1 Å². The van der Waals surface area contributed by atoms with Crippen LogP contribution in [0.1, 0.15) is 119 Å². The number of ketones is 2. The Morgan fingerprint density at radius 2 is 1.12 bits per heavy atom. The number of nitrogens with two attached hydrogens (primary N) is 1. The van der Waals surface area contributed by atoms with Crippen molar-refractivity contribution in [1.29, 1.82) is 5.26 Å². The van der Waals surface area contributed by atoms with Crippen LogP contribution in [-0.2, 0) is 44.7 Å². The molecule has 0 aliphatic rings. The molecule has 14 nitrogen and oxygen atoms in total. The number of Topliss-reactive ketones (excluding diaryl/α,β-unsaturated/α-hetero) is 2. The van der Waals surface area contributed by atoms with E-state index in [0.717, 1.165) is 10.5 Å². The Bertz CT molecular complexity index is 1620. The van der Waals surface area contributed by atoms with Gasteiger partial charge < -0.3 is 30.3 Å². The molecule has 0 unspecified atom stereocenters. The first-order chi connectivity index (χ1) is 27.9. The molecule has 0 spiro atoms. The van der Waals surface area contributed by atoms with E-state index in [9.17, 15) is 38.7 Å². The van der Waals surface area contributed by atoms with Gasteiger partial charge in [-0.1, -0.05) is 85.7 Å². The Kier molecular flexibility index (Phi) is 23.0. The number of benzene rings is 1. The van der Waals surface area contributed by atoms with Crippen molar-refractivity contribution in [3.63, 3.8) is 0 Å². The average molecular weight is 840 g/mol. The number of carbonyl (C=O) groups is 7. The number of hydrogen-bond acceptors (Lipinski definition) is 10. The number of aliphatic carboxylic acids is 1. The molecule has 0 aliphatic carbocycles. The lowest BCUT2D eigenvalue weighted by molar-refractivity contribution is -0.169. The molecule has 0 radical (unpaired) electrons. The molecule has 0 aromatic heterocycles. The predicted molar refractivity (Wildman–Crippen MR) is 230 cm³/mol. The summed E-state index contributed by atoms with van der Waals surface area (Å²) in [6, 6.07) is 7.24. The molecular formula is C46H73N5O9. The number of ether oxygens (including phenoxy) is 1. The van der Waals surface area contributed by atoms with Gasteiger partial charge in [-0.2, -0.15) is 5.26 Å². The minimum atomic E-state index is -1.56. The van der Waals surface area contributed by atoms with Gasteiger partial charge in [0.2, 0.25) is 17.7 Å². The monoisotopic (exact) mass is 840 g/mol. The molecule has 0 bridgehead atoms. The van der Waals surface area contributed by atoms with Gasteiger partial charge in [-0.3, -0.25) is 24.0 Å². The van der Waals surface area contributed by atoms with Gasteiger partial charge in [0.1, 0.15) is 6.04 Å². The molecule has 3 N–H and O–H groups in total. The summed E-state index contributed by atoms with van der Waals surface area (Å²) in [7, 11) is 4.52. The Labute approximate surface area is 358 Å². The van der Waals surface area contributed by atoms with Gasteiger partial charge in [0.15, 0.2) is 17.7 Å². The first-order valence-corrected chi connectivity index (χ1v) is 21.4. The largest absolute Gasteiger partial charge is 0.479 e. The molecule has 3 amide bonds. The Morgan fingerprint density at radius 1 is 0.667 bits per heavy atom. The van der Waals surface area contributed by atoms with Crippen molar-refractivity contribution in [2.24, 2.45) is 41.2 Å². The van der Waals surface area contributed by atoms with Crippen LogP contribution in [0.2, 0.25) is 0 Å². The third kappa shape index (κ3) is 17.5. The fourth-order valence-electron chi connectivity index (χ4n) is 7.46. The molecule has 0 saturated carbocycles. The molecule has 0 aliphatic heterocycles. The maximum absolute atomic E-state index is 14.6. The van der Waals surface area contributed by atoms with Crippen LogP contribution in [0.4, 0.5) is 0 Å². The molecule has 14 heteroatoms. The zero-order valence-electron chi connectivity index (χ0n) is 38.2. The number of hydrogen-bond donors (Lipinski definition) is 2. The molecule has 0 saturated heterocycles. The van der Waals surface area contributed by atoms with Crippen LogP contribution in [0.15, 0.2) is 30.3 Å². The van der Waals surface area contributed by atoms with Crippen molar-refractivity contribution >= 4 is 41.2 Å². The van der Waals surface area contributed by atoms with Crippen LogP contribution in [0.5, 0.6) is 0 Å². The second-order valence-corrected chi connectivity index (χ2v) is 18.1. The summed E-state index contributed by atoms with van der Waals surface area (Å²) in [6.45, 7) is 17.0. The number of carboxylic acid groups (broad SMARTS) is 1. The van der Waals surface area contributed by atoms with E-state index in [-0.39, 0.29) is 79.7 Å². The van der Waals surface area contributed by atoms with Crippen molar-refractivity contribution in [2.75, 3.05) is 21.1 Å². The van der Waals surface area contributed by atoms with Crippen molar-refractivity contribution in [1.82, 2.24) is 14.7 Å². The maximum atomic E-state index is 14.6. The molecule has 1 rings (SSSR count). The number of carbonyl (C=O) groups excluding carboxylic acids is 6. The van der Waals surface area contributed by atoms with Gasteiger partial charge in [0, 0.05) is 58.7 Å².